The minimum atomic E-state index is -0.195. The Hall–Kier alpha value is -0.850. The van der Waals surface area contributed by atoms with Crippen LogP contribution in [0.5, 0.6) is 0 Å². The lowest BCUT2D eigenvalue weighted by molar-refractivity contribution is 0.429. The Kier molecular flexibility index (Phi) is 3.94. The van der Waals surface area contributed by atoms with Crippen molar-refractivity contribution < 1.29 is 4.48 Å². The lowest BCUT2D eigenvalue weighted by Gasteiger charge is -1.98. The third-order valence-electron chi connectivity index (χ3n) is 1.42. The van der Waals surface area contributed by atoms with Gasteiger partial charge in [-0.25, -0.2) is 4.99 Å². The van der Waals surface area contributed by atoms with Gasteiger partial charge in [0.25, 0.3) is 0 Å². The molecule has 0 spiro atoms. The molecule has 3 nitrogen and oxygen atoms in total. The van der Waals surface area contributed by atoms with E-state index in [4.69, 9.17) is 5.73 Å². The summed E-state index contributed by atoms with van der Waals surface area (Å²) in [6.45, 7) is 0.388. The first-order chi connectivity index (χ1) is 6.22. The minimum Gasteiger partial charge on any atom is -0.368 e. The zero-order valence-corrected chi connectivity index (χ0v) is 8.95. The molecular weight excluding hydrogens is 284 g/mol. The zero-order valence-electron chi connectivity index (χ0n) is 6.80. The minimum absolute atomic E-state index is 0.195. The number of nitrogens with zero attached hydrogens (tertiary/aromatic N) is 1. The van der Waals surface area contributed by atoms with Gasteiger partial charge in [-0.1, -0.05) is 12.1 Å². The first-order valence-electron chi connectivity index (χ1n) is 3.63. The van der Waals surface area contributed by atoms with Gasteiger partial charge in [0.05, 0.1) is 6.54 Å². The largest absolute Gasteiger partial charge is 0.368 e. The van der Waals surface area contributed by atoms with E-state index in [9.17, 15) is 4.48 Å². The summed E-state index contributed by atoms with van der Waals surface area (Å²) < 4.78 is 12.8. The van der Waals surface area contributed by atoms with Gasteiger partial charge < -0.3 is 5.73 Å². The third kappa shape index (κ3) is 3.58. The highest BCUT2D eigenvalue weighted by Gasteiger charge is 1.93. The predicted molar refractivity (Wildman–Crippen MR) is 58.7 cm³/mol. The van der Waals surface area contributed by atoms with Crippen LogP contribution in [0.4, 0.5) is 4.48 Å². The lowest BCUT2D eigenvalue weighted by atomic mass is 10.2. The molecule has 0 bridgehead atoms. The van der Waals surface area contributed by atoms with E-state index in [1.165, 1.54) is 5.54 Å². The van der Waals surface area contributed by atoms with Crippen LogP contribution in [0.3, 0.4) is 0 Å². The van der Waals surface area contributed by atoms with E-state index in [0.717, 1.165) is 9.13 Å². The Bertz CT molecular complexity index is 314. The van der Waals surface area contributed by atoms with Gasteiger partial charge in [0, 0.05) is 3.57 Å². The number of aliphatic imine (C=N–C) groups is 1. The van der Waals surface area contributed by atoms with Gasteiger partial charge in [-0.05, 0) is 40.3 Å². The van der Waals surface area contributed by atoms with Crippen molar-refractivity contribution in [3.63, 3.8) is 0 Å². The number of halogens is 2. The number of nitrogens with one attached hydrogen (secondary N) is 1. The Labute approximate surface area is 89.3 Å². The van der Waals surface area contributed by atoms with Gasteiger partial charge in [-0.15, -0.1) is 4.48 Å². The molecule has 0 amide bonds. The van der Waals surface area contributed by atoms with Crippen molar-refractivity contribution in [3.05, 3.63) is 33.4 Å². The Balaban J connectivity index is 2.64. The number of rotatable bonds is 2. The van der Waals surface area contributed by atoms with Crippen LogP contribution >= 0.6 is 22.6 Å². The molecule has 0 radical (unpaired) electrons. The maximum atomic E-state index is 11.7. The Morgan fingerprint density at radius 3 is 3.00 bits per heavy atom. The molecule has 0 aliphatic heterocycles. The molecule has 0 aromatic heterocycles. The molecule has 1 aromatic rings. The highest BCUT2D eigenvalue weighted by Crippen LogP contribution is 2.08. The number of hydrogen-bond acceptors (Lipinski definition) is 1. The molecule has 13 heavy (non-hydrogen) atoms. The monoisotopic (exact) mass is 293 g/mol. The van der Waals surface area contributed by atoms with Crippen molar-refractivity contribution in [3.8, 4) is 0 Å². The van der Waals surface area contributed by atoms with Crippen molar-refractivity contribution in [2.75, 3.05) is 0 Å². The van der Waals surface area contributed by atoms with Crippen LogP contribution < -0.4 is 11.3 Å². The molecule has 0 heterocycles. The zero-order chi connectivity index (χ0) is 9.68. The average Bonchev–Trinajstić information content (AvgIpc) is 2.14. The second kappa shape index (κ2) is 5.00. The van der Waals surface area contributed by atoms with Gasteiger partial charge in [-0.3, -0.25) is 0 Å². The number of nitrogens with two attached hydrogens (primary N) is 1. The molecule has 0 fully saturated rings. The van der Waals surface area contributed by atoms with E-state index in [0.29, 0.717) is 6.54 Å². The second-order valence-electron chi connectivity index (χ2n) is 2.43. The van der Waals surface area contributed by atoms with E-state index in [-0.39, 0.29) is 5.96 Å². The fourth-order valence-corrected chi connectivity index (χ4v) is 1.45. The van der Waals surface area contributed by atoms with Crippen LogP contribution in [0.1, 0.15) is 5.56 Å². The topological polar surface area (TPSA) is 50.4 Å². The molecule has 3 N–H and O–H groups in total. The van der Waals surface area contributed by atoms with Crippen LogP contribution in [0.15, 0.2) is 29.3 Å². The molecule has 0 saturated heterocycles. The standard InChI is InChI=1S/C8H9FIN3/c9-13-8(11)12-5-6-2-1-3-7(10)4-6/h1-4H,5H2,(H3,11,12,13). The quantitative estimate of drug-likeness (QED) is 0.376. The highest BCUT2D eigenvalue weighted by atomic mass is 127. The first kappa shape index (κ1) is 10.2. The van der Waals surface area contributed by atoms with Crippen LogP contribution in [0.25, 0.3) is 0 Å². The van der Waals surface area contributed by atoms with E-state index >= 15 is 0 Å². The average molecular weight is 293 g/mol. The summed E-state index contributed by atoms with van der Waals surface area (Å²) in [5.41, 5.74) is 7.40. The molecule has 0 aliphatic carbocycles. The first-order valence-corrected chi connectivity index (χ1v) is 4.71. The van der Waals surface area contributed by atoms with Crippen molar-refractivity contribution in [1.82, 2.24) is 5.54 Å². The summed E-state index contributed by atoms with van der Waals surface area (Å²) in [6, 6.07) is 7.78. The Morgan fingerprint density at radius 1 is 1.62 bits per heavy atom. The molecule has 70 valence electrons. The highest BCUT2D eigenvalue weighted by molar-refractivity contribution is 14.1. The van der Waals surface area contributed by atoms with E-state index in [2.05, 4.69) is 27.6 Å². The molecule has 1 rings (SSSR count). The predicted octanol–water partition coefficient (Wildman–Crippen LogP) is 1.58. The summed E-state index contributed by atoms with van der Waals surface area (Å²) in [6.07, 6.45) is 0. The molecule has 1 aromatic carbocycles. The SMILES string of the molecule is NC(=NCc1cccc(I)c1)NF. The van der Waals surface area contributed by atoms with Crippen molar-refractivity contribution >= 4 is 28.6 Å². The molecule has 0 unspecified atom stereocenters. The number of guanidine groups is 1. The second-order valence-corrected chi connectivity index (χ2v) is 3.67. The van der Waals surface area contributed by atoms with Gasteiger partial charge in [0.2, 0.25) is 5.96 Å². The van der Waals surface area contributed by atoms with Gasteiger partial charge in [0.15, 0.2) is 0 Å². The molecule has 0 atom stereocenters. The summed E-state index contributed by atoms with van der Waals surface area (Å²) in [5, 5.41) is 0. The number of benzene rings is 1. The molecule has 5 heteroatoms. The van der Waals surface area contributed by atoms with Crippen LogP contribution in [0.2, 0.25) is 0 Å². The lowest BCUT2D eigenvalue weighted by Crippen LogP contribution is -2.24. The fraction of sp³-hybridized carbons (Fsp3) is 0.125. The smallest absolute Gasteiger partial charge is 0.217 e. The van der Waals surface area contributed by atoms with E-state index in [1.54, 1.807) is 0 Å². The van der Waals surface area contributed by atoms with Crippen molar-refractivity contribution in [2.45, 2.75) is 6.54 Å². The van der Waals surface area contributed by atoms with E-state index < -0.39 is 0 Å². The Morgan fingerprint density at radius 2 is 2.38 bits per heavy atom. The van der Waals surface area contributed by atoms with Crippen molar-refractivity contribution in [2.24, 2.45) is 10.7 Å². The van der Waals surface area contributed by atoms with Gasteiger partial charge in [-0.2, -0.15) is 5.54 Å². The van der Waals surface area contributed by atoms with E-state index in [1.807, 2.05) is 24.3 Å². The van der Waals surface area contributed by atoms with Crippen molar-refractivity contribution in [1.29, 1.82) is 0 Å². The number of hydrogen-bond donors (Lipinski definition) is 2. The fourth-order valence-electron chi connectivity index (χ4n) is 0.842. The summed E-state index contributed by atoms with van der Waals surface area (Å²) in [7, 11) is 0. The molecule has 0 aliphatic rings. The molecule has 0 saturated carbocycles. The van der Waals surface area contributed by atoms with Crippen LogP contribution in [-0.4, -0.2) is 5.96 Å². The van der Waals surface area contributed by atoms with Gasteiger partial charge in [0.1, 0.15) is 0 Å². The van der Waals surface area contributed by atoms with Crippen LogP contribution in [0, 0.1) is 3.57 Å². The van der Waals surface area contributed by atoms with Crippen LogP contribution in [-0.2, 0) is 6.54 Å². The summed E-state index contributed by atoms with van der Waals surface area (Å²) in [5.74, 6) is -0.195. The third-order valence-corrected chi connectivity index (χ3v) is 2.09. The normalized spacial score (nSPS) is 11.4. The maximum Gasteiger partial charge on any atom is 0.217 e. The van der Waals surface area contributed by atoms with Gasteiger partial charge >= 0.3 is 0 Å². The maximum absolute atomic E-state index is 11.7. The molecular formula is C8H9FIN3. The summed E-state index contributed by atoms with van der Waals surface area (Å²) in [4.78, 5) is 3.76. The summed E-state index contributed by atoms with van der Waals surface area (Å²) >= 11 is 2.20.